The van der Waals surface area contributed by atoms with Gasteiger partial charge in [-0.1, -0.05) is 53.5 Å². The van der Waals surface area contributed by atoms with Gasteiger partial charge in [0.15, 0.2) is 6.61 Å². The molecule has 3 aromatic rings. The van der Waals surface area contributed by atoms with E-state index in [1.807, 2.05) is 18.2 Å². The van der Waals surface area contributed by atoms with Gasteiger partial charge in [-0.25, -0.2) is 9.69 Å². The molecule has 1 unspecified atom stereocenters. The number of hydrogen-bond acceptors (Lipinski definition) is 6. The van der Waals surface area contributed by atoms with Crippen LogP contribution in [0, 0.1) is 0 Å². The Bertz CT molecular complexity index is 1290. The second kappa shape index (κ2) is 10.8. The molecule has 2 amide bonds. The smallest absolute Gasteiger partial charge is 0.338 e. The molecule has 4 rings (SSSR count). The number of ketones is 1. The van der Waals surface area contributed by atoms with Crippen molar-refractivity contribution in [1.82, 2.24) is 5.32 Å². The number of nitrogens with one attached hydrogen (secondary N) is 1. The van der Waals surface area contributed by atoms with Crippen molar-refractivity contribution in [2.45, 2.75) is 19.0 Å². The molecular weight excluding hydrogens is 491 g/mol. The predicted molar refractivity (Wildman–Crippen MR) is 132 cm³/mol. The molecule has 1 aliphatic heterocycles. The fraction of sp³-hybridized carbons (Fsp3) is 0.154. The number of ether oxygens (including phenoxy) is 1. The number of amides is 2. The number of Topliss-reactive ketones (excluding diaryl/α,β-unsaturated/α-hetero) is 1. The number of esters is 1. The molecule has 1 heterocycles. The Hall–Kier alpha value is -3.52. The maximum atomic E-state index is 12.9. The summed E-state index contributed by atoms with van der Waals surface area (Å²) in [5, 5.41) is 3.93. The number of benzene rings is 3. The third-order valence-electron chi connectivity index (χ3n) is 5.51. The molecule has 7 nitrogen and oxygen atoms in total. The lowest BCUT2D eigenvalue weighted by atomic mass is 10.1. The number of hydrogen-bond donors (Lipinski definition) is 1. The molecule has 9 heteroatoms. The van der Waals surface area contributed by atoms with E-state index in [0.717, 1.165) is 10.5 Å². The fourth-order valence-corrected chi connectivity index (χ4v) is 4.11. The van der Waals surface area contributed by atoms with Crippen LogP contribution in [0.1, 0.15) is 32.7 Å². The van der Waals surface area contributed by atoms with Gasteiger partial charge in [0.25, 0.3) is 5.91 Å². The van der Waals surface area contributed by atoms with Crippen molar-refractivity contribution in [2.75, 3.05) is 11.5 Å². The highest BCUT2D eigenvalue weighted by atomic mass is 35.5. The maximum absolute atomic E-state index is 12.9. The normalized spacial score (nSPS) is 15.4. The quantitative estimate of drug-likeness (QED) is 0.273. The highest BCUT2D eigenvalue weighted by molar-refractivity contribution is 6.34. The van der Waals surface area contributed by atoms with Crippen LogP contribution in [0.15, 0.2) is 72.8 Å². The zero-order valence-corrected chi connectivity index (χ0v) is 19.9. The van der Waals surface area contributed by atoms with Gasteiger partial charge in [0.05, 0.1) is 28.7 Å². The van der Waals surface area contributed by atoms with Crippen LogP contribution in [0.2, 0.25) is 10.0 Å². The molecule has 1 atom stereocenters. The van der Waals surface area contributed by atoms with E-state index >= 15 is 0 Å². The topological polar surface area (TPSA) is 92.8 Å². The second-order valence-corrected chi connectivity index (χ2v) is 8.64. The molecule has 3 aromatic carbocycles. The first-order valence-electron chi connectivity index (χ1n) is 10.7. The van der Waals surface area contributed by atoms with Crippen LogP contribution in [-0.4, -0.2) is 36.2 Å². The number of nitrogens with zero attached hydrogens (tertiary/aromatic N) is 1. The van der Waals surface area contributed by atoms with E-state index in [9.17, 15) is 19.2 Å². The number of carbonyl (C=O) groups is 4. The number of rotatable bonds is 8. The summed E-state index contributed by atoms with van der Waals surface area (Å²) in [6, 6.07) is 18.9. The summed E-state index contributed by atoms with van der Waals surface area (Å²) in [6.07, 6.45) is 0.0111. The molecule has 0 bridgehead atoms. The first-order chi connectivity index (χ1) is 16.8. The van der Waals surface area contributed by atoms with E-state index in [1.165, 1.54) is 24.3 Å². The number of imide groups is 1. The minimum absolute atomic E-state index is 0.0111. The van der Waals surface area contributed by atoms with Gasteiger partial charge in [-0.05, 0) is 48.0 Å². The first-order valence-corrected chi connectivity index (χ1v) is 11.5. The standard InChI is InChI=1S/C26H20Cl2N2O5/c27-20-7-3-1-5-17(20)14-29-22-13-24(32)30(25(22)33)18-11-9-16(10-12-18)26(34)35-15-23(31)19-6-2-4-8-21(19)28/h1-12,22,29H,13-15H2. The van der Waals surface area contributed by atoms with Crippen LogP contribution in [0.3, 0.4) is 0 Å². The van der Waals surface area contributed by atoms with Crippen molar-refractivity contribution in [3.63, 3.8) is 0 Å². The number of anilines is 1. The predicted octanol–water partition coefficient (Wildman–Crippen LogP) is 4.45. The Labute approximate surface area is 211 Å². The van der Waals surface area contributed by atoms with Crippen LogP contribution in [0.25, 0.3) is 0 Å². The van der Waals surface area contributed by atoms with Gasteiger partial charge in [0.1, 0.15) is 0 Å². The molecule has 0 spiro atoms. The molecule has 0 radical (unpaired) electrons. The van der Waals surface area contributed by atoms with Crippen molar-refractivity contribution < 1.29 is 23.9 Å². The van der Waals surface area contributed by atoms with Gasteiger partial charge in [0, 0.05) is 17.1 Å². The third-order valence-corrected chi connectivity index (χ3v) is 6.21. The Kier molecular flexibility index (Phi) is 7.60. The second-order valence-electron chi connectivity index (χ2n) is 7.82. The Morgan fingerprint density at radius 3 is 2.26 bits per heavy atom. The van der Waals surface area contributed by atoms with Crippen LogP contribution in [-0.2, 0) is 20.9 Å². The number of carbonyl (C=O) groups excluding carboxylic acids is 4. The number of halogens is 2. The average Bonchev–Trinajstić information content (AvgIpc) is 3.15. The van der Waals surface area contributed by atoms with E-state index in [1.54, 1.807) is 30.3 Å². The van der Waals surface area contributed by atoms with Gasteiger partial charge in [-0.3, -0.25) is 14.4 Å². The zero-order valence-electron chi connectivity index (χ0n) is 18.4. The SMILES string of the molecule is O=C(OCC(=O)c1ccccc1Cl)c1ccc(N2C(=O)CC(NCc3ccccc3Cl)C2=O)cc1. The highest BCUT2D eigenvalue weighted by Crippen LogP contribution is 2.24. The minimum atomic E-state index is -0.713. The van der Waals surface area contributed by atoms with Crippen molar-refractivity contribution in [3.8, 4) is 0 Å². The van der Waals surface area contributed by atoms with Crippen LogP contribution >= 0.6 is 23.2 Å². The van der Waals surface area contributed by atoms with Gasteiger partial charge in [-0.15, -0.1) is 0 Å². The van der Waals surface area contributed by atoms with Crippen molar-refractivity contribution >= 4 is 52.5 Å². The largest absolute Gasteiger partial charge is 0.454 e. The molecule has 1 saturated heterocycles. The van der Waals surface area contributed by atoms with Crippen LogP contribution in [0.4, 0.5) is 5.69 Å². The Morgan fingerprint density at radius 1 is 0.914 bits per heavy atom. The van der Waals surface area contributed by atoms with Crippen LogP contribution in [0.5, 0.6) is 0 Å². The van der Waals surface area contributed by atoms with E-state index in [0.29, 0.717) is 17.3 Å². The Balaban J connectivity index is 1.36. The lowest BCUT2D eigenvalue weighted by Gasteiger charge is -2.16. The Morgan fingerprint density at radius 2 is 1.57 bits per heavy atom. The molecule has 1 N–H and O–H groups in total. The summed E-state index contributed by atoms with van der Waals surface area (Å²) >= 11 is 12.1. The minimum Gasteiger partial charge on any atom is -0.454 e. The fourth-order valence-electron chi connectivity index (χ4n) is 3.66. The highest BCUT2D eigenvalue weighted by Gasteiger charge is 2.39. The van der Waals surface area contributed by atoms with E-state index in [4.69, 9.17) is 27.9 Å². The maximum Gasteiger partial charge on any atom is 0.338 e. The van der Waals surface area contributed by atoms with Crippen molar-refractivity contribution in [2.24, 2.45) is 0 Å². The molecule has 1 fully saturated rings. The first kappa shape index (κ1) is 24.6. The average molecular weight is 511 g/mol. The van der Waals surface area contributed by atoms with Gasteiger partial charge in [0.2, 0.25) is 11.7 Å². The monoisotopic (exact) mass is 510 g/mol. The molecule has 0 saturated carbocycles. The van der Waals surface area contributed by atoms with Crippen molar-refractivity contribution in [1.29, 1.82) is 0 Å². The van der Waals surface area contributed by atoms with Gasteiger partial charge in [-0.2, -0.15) is 0 Å². The summed E-state index contributed by atoms with van der Waals surface area (Å²) in [5.74, 6) is -1.88. The van der Waals surface area contributed by atoms with Crippen LogP contribution < -0.4 is 10.2 Å². The van der Waals surface area contributed by atoms with E-state index in [2.05, 4.69) is 5.32 Å². The summed E-state index contributed by atoms with van der Waals surface area (Å²) in [6.45, 7) is -0.124. The molecular formula is C26H20Cl2N2O5. The van der Waals surface area contributed by atoms with Crippen molar-refractivity contribution in [3.05, 3.63) is 99.5 Å². The van der Waals surface area contributed by atoms with E-state index < -0.39 is 24.4 Å². The lowest BCUT2D eigenvalue weighted by molar-refractivity contribution is -0.121. The summed E-state index contributed by atoms with van der Waals surface area (Å²) in [4.78, 5) is 51.1. The summed E-state index contributed by atoms with van der Waals surface area (Å²) < 4.78 is 5.09. The molecule has 178 valence electrons. The van der Waals surface area contributed by atoms with E-state index in [-0.39, 0.29) is 34.4 Å². The summed E-state index contributed by atoms with van der Waals surface area (Å²) in [5.41, 5.74) is 1.60. The summed E-state index contributed by atoms with van der Waals surface area (Å²) in [7, 11) is 0. The lowest BCUT2D eigenvalue weighted by Crippen LogP contribution is -2.38. The molecule has 35 heavy (non-hydrogen) atoms. The van der Waals surface area contributed by atoms with Gasteiger partial charge >= 0.3 is 5.97 Å². The zero-order chi connectivity index (χ0) is 24.9. The third kappa shape index (κ3) is 5.59. The molecule has 0 aromatic heterocycles. The van der Waals surface area contributed by atoms with Gasteiger partial charge < -0.3 is 10.1 Å². The molecule has 0 aliphatic carbocycles. The molecule has 1 aliphatic rings.